The SMILES string of the molecule is CCNCC(Cc1cccc(F)c1Br)c1cccc(C)c1. The number of aryl methyl sites for hydroxylation is 1. The molecule has 3 heteroatoms. The van der Waals surface area contributed by atoms with Crippen LogP contribution in [-0.4, -0.2) is 13.1 Å². The average Bonchev–Trinajstić information content (AvgIpc) is 2.47. The van der Waals surface area contributed by atoms with E-state index in [4.69, 9.17) is 0 Å². The van der Waals surface area contributed by atoms with Gasteiger partial charge in [0.05, 0.1) is 4.47 Å². The van der Waals surface area contributed by atoms with Crippen molar-refractivity contribution in [3.05, 3.63) is 69.4 Å². The molecule has 112 valence electrons. The third-order valence-corrected chi connectivity index (χ3v) is 4.54. The van der Waals surface area contributed by atoms with Gasteiger partial charge in [-0.3, -0.25) is 0 Å². The quantitative estimate of drug-likeness (QED) is 0.787. The van der Waals surface area contributed by atoms with Crippen molar-refractivity contribution in [3.8, 4) is 0 Å². The Hall–Kier alpha value is -1.19. The summed E-state index contributed by atoms with van der Waals surface area (Å²) in [5.41, 5.74) is 3.57. The molecule has 1 atom stereocenters. The summed E-state index contributed by atoms with van der Waals surface area (Å²) in [5.74, 6) is 0.141. The molecule has 0 spiro atoms. The molecule has 0 saturated carbocycles. The number of hydrogen-bond donors (Lipinski definition) is 1. The Morgan fingerprint density at radius 1 is 1.19 bits per heavy atom. The zero-order valence-corrected chi connectivity index (χ0v) is 14.1. The largest absolute Gasteiger partial charge is 0.316 e. The van der Waals surface area contributed by atoms with Crippen LogP contribution in [0.3, 0.4) is 0 Å². The van der Waals surface area contributed by atoms with Gasteiger partial charge in [0.2, 0.25) is 0 Å². The van der Waals surface area contributed by atoms with E-state index in [1.165, 1.54) is 17.2 Å². The Morgan fingerprint density at radius 2 is 1.95 bits per heavy atom. The summed E-state index contributed by atoms with van der Waals surface area (Å²) in [6.45, 7) is 6.03. The van der Waals surface area contributed by atoms with Crippen LogP contribution < -0.4 is 5.32 Å². The minimum Gasteiger partial charge on any atom is -0.316 e. The zero-order chi connectivity index (χ0) is 15.2. The normalized spacial score (nSPS) is 12.4. The molecule has 2 aromatic rings. The van der Waals surface area contributed by atoms with Gasteiger partial charge < -0.3 is 5.32 Å². The third-order valence-electron chi connectivity index (χ3n) is 3.65. The van der Waals surface area contributed by atoms with Crippen molar-refractivity contribution in [2.75, 3.05) is 13.1 Å². The third kappa shape index (κ3) is 4.39. The Balaban J connectivity index is 2.26. The molecule has 0 radical (unpaired) electrons. The lowest BCUT2D eigenvalue weighted by Gasteiger charge is -2.19. The van der Waals surface area contributed by atoms with E-state index in [2.05, 4.69) is 59.4 Å². The van der Waals surface area contributed by atoms with Gasteiger partial charge in [0.15, 0.2) is 0 Å². The average molecular weight is 350 g/mol. The van der Waals surface area contributed by atoms with Crippen molar-refractivity contribution in [3.63, 3.8) is 0 Å². The molecule has 1 unspecified atom stereocenters. The summed E-state index contributed by atoms with van der Waals surface area (Å²) in [4.78, 5) is 0. The second-order valence-corrected chi connectivity index (χ2v) is 6.13. The second kappa shape index (κ2) is 7.71. The Kier molecular flexibility index (Phi) is 5.95. The van der Waals surface area contributed by atoms with Crippen LogP contribution >= 0.6 is 15.9 Å². The lowest BCUT2D eigenvalue weighted by Crippen LogP contribution is -2.23. The number of rotatable bonds is 6. The molecule has 2 aromatic carbocycles. The summed E-state index contributed by atoms with van der Waals surface area (Å²) in [6.07, 6.45) is 0.814. The lowest BCUT2D eigenvalue weighted by atomic mass is 9.91. The highest BCUT2D eigenvalue weighted by atomic mass is 79.9. The maximum Gasteiger partial charge on any atom is 0.137 e. The molecule has 0 aromatic heterocycles. The van der Waals surface area contributed by atoms with E-state index in [0.717, 1.165) is 25.1 Å². The van der Waals surface area contributed by atoms with Gasteiger partial charge in [0.25, 0.3) is 0 Å². The summed E-state index contributed by atoms with van der Waals surface area (Å²) in [6, 6.07) is 13.8. The molecule has 0 heterocycles. The van der Waals surface area contributed by atoms with Crippen LogP contribution in [-0.2, 0) is 6.42 Å². The molecule has 0 amide bonds. The number of halogens is 2. The van der Waals surface area contributed by atoms with Crippen LogP contribution in [0, 0.1) is 12.7 Å². The van der Waals surface area contributed by atoms with E-state index in [0.29, 0.717) is 10.4 Å². The Labute approximate surface area is 134 Å². The minimum absolute atomic E-state index is 0.195. The highest BCUT2D eigenvalue weighted by Crippen LogP contribution is 2.27. The fraction of sp³-hybridized carbons (Fsp3) is 0.333. The van der Waals surface area contributed by atoms with Gasteiger partial charge in [0, 0.05) is 12.5 Å². The standard InChI is InChI=1S/C18H21BrFN/c1-3-21-12-16(14-7-4-6-13(2)10-14)11-15-8-5-9-17(20)18(15)19/h4-10,16,21H,3,11-12H2,1-2H3. The van der Waals surface area contributed by atoms with Gasteiger partial charge in [-0.15, -0.1) is 0 Å². The highest BCUT2D eigenvalue weighted by molar-refractivity contribution is 9.10. The number of likely N-dealkylation sites (N-methyl/N-ethyl adjacent to an activating group) is 1. The van der Waals surface area contributed by atoms with Crippen LogP contribution in [0.4, 0.5) is 4.39 Å². The Morgan fingerprint density at radius 3 is 2.67 bits per heavy atom. The van der Waals surface area contributed by atoms with Gasteiger partial charge in [-0.25, -0.2) is 4.39 Å². The first-order chi connectivity index (χ1) is 10.1. The van der Waals surface area contributed by atoms with Crippen LogP contribution in [0.2, 0.25) is 0 Å². The van der Waals surface area contributed by atoms with Crippen LogP contribution in [0.1, 0.15) is 29.5 Å². The zero-order valence-electron chi connectivity index (χ0n) is 12.5. The van der Waals surface area contributed by atoms with Crippen molar-refractivity contribution >= 4 is 15.9 Å². The molecular weight excluding hydrogens is 329 g/mol. The van der Waals surface area contributed by atoms with Gasteiger partial charge in [0.1, 0.15) is 5.82 Å². The van der Waals surface area contributed by atoms with Crippen molar-refractivity contribution in [2.24, 2.45) is 0 Å². The summed E-state index contributed by atoms with van der Waals surface area (Å²) >= 11 is 3.37. The van der Waals surface area contributed by atoms with Crippen molar-refractivity contribution in [1.82, 2.24) is 5.32 Å². The molecule has 0 bridgehead atoms. The van der Waals surface area contributed by atoms with Crippen molar-refractivity contribution < 1.29 is 4.39 Å². The lowest BCUT2D eigenvalue weighted by molar-refractivity contribution is 0.585. The van der Waals surface area contributed by atoms with Gasteiger partial charge in [-0.05, 0) is 53.0 Å². The molecule has 1 N–H and O–H groups in total. The predicted octanol–water partition coefficient (Wildman–Crippen LogP) is 4.83. The maximum absolute atomic E-state index is 13.7. The fourth-order valence-electron chi connectivity index (χ4n) is 2.52. The molecule has 1 nitrogen and oxygen atoms in total. The van der Waals surface area contributed by atoms with Gasteiger partial charge in [-0.1, -0.05) is 48.9 Å². The summed E-state index contributed by atoms with van der Waals surface area (Å²) < 4.78 is 14.3. The fourth-order valence-corrected chi connectivity index (χ4v) is 2.95. The van der Waals surface area contributed by atoms with Crippen LogP contribution in [0.15, 0.2) is 46.9 Å². The predicted molar refractivity (Wildman–Crippen MR) is 90.3 cm³/mol. The van der Waals surface area contributed by atoms with Gasteiger partial charge >= 0.3 is 0 Å². The van der Waals surface area contributed by atoms with E-state index in [9.17, 15) is 4.39 Å². The van der Waals surface area contributed by atoms with E-state index in [-0.39, 0.29) is 5.82 Å². The first-order valence-corrected chi connectivity index (χ1v) is 8.11. The molecular formula is C18H21BrFN. The van der Waals surface area contributed by atoms with Crippen molar-refractivity contribution in [2.45, 2.75) is 26.2 Å². The topological polar surface area (TPSA) is 12.0 Å². The highest BCUT2D eigenvalue weighted by Gasteiger charge is 2.15. The molecule has 21 heavy (non-hydrogen) atoms. The second-order valence-electron chi connectivity index (χ2n) is 5.34. The number of nitrogens with one attached hydrogen (secondary N) is 1. The molecule has 2 rings (SSSR count). The summed E-state index contributed by atoms with van der Waals surface area (Å²) in [5, 5.41) is 3.41. The molecule has 0 saturated heterocycles. The molecule has 0 aliphatic carbocycles. The van der Waals surface area contributed by atoms with Crippen molar-refractivity contribution in [1.29, 1.82) is 0 Å². The van der Waals surface area contributed by atoms with Crippen LogP contribution in [0.25, 0.3) is 0 Å². The monoisotopic (exact) mass is 349 g/mol. The smallest absolute Gasteiger partial charge is 0.137 e. The summed E-state index contributed by atoms with van der Waals surface area (Å²) in [7, 11) is 0. The Bertz CT molecular complexity index is 598. The van der Waals surface area contributed by atoms with E-state index in [1.54, 1.807) is 6.07 Å². The van der Waals surface area contributed by atoms with E-state index >= 15 is 0 Å². The van der Waals surface area contributed by atoms with E-state index < -0.39 is 0 Å². The van der Waals surface area contributed by atoms with E-state index in [1.807, 2.05) is 6.07 Å². The number of hydrogen-bond acceptors (Lipinski definition) is 1. The van der Waals surface area contributed by atoms with Gasteiger partial charge in [-0.2, -0.15) is 0 Å². The molecule has 0 fully saturated rings. The minimum atomic E-state index is -0.195. The first-order valence-electron chi connectivity index (χ1n) is 7.32. The first kappa shape index (κ1) is 16.2. The maximum atomic E-state index is 13.7. The number of benzene rings is 2. The van der Waals surface area contributed by atoms with Crippen LogP contribution in [0.5, 0.6) is 0 Å². The molecule has 0 aliphatic rings. The molecule has 0 aliphatic heterocycles.